The number of para-hydroxylation sites is 3. The standard InChI is InChI=1S/C23H20N2O3/c1-28-22-9-5-2-6-18(22)21(26)15-12-16-10-13-17(14-11-16)23(27)25-20-8-4-3-7-19(20)24/h2-15H,24H2,1H3,(H,25,27). The van der Waals surface area contributed by atoms with E-state index in [4.69, 9.17) is 10.5 Å². The largest absolute Gasteiger partial charge is 0.496 e. The summed E-state index contributed by atoms with van der Waals surface area (Å²) >= 11 is 0. The second kappa shape index (κ2) is 8.68. The van der Waals surface area contributed by atoms with Crippen LogP contribution in [0.3, 0.4) is 0 Å². The zero-order valence-electron chi connectivity index (χ0n) is 15.4. The van der Waals surface area contributed by atoms with Gasteiger partial charge in [0.05, 0.1) is 24.0 Å². The van der Waals surface area contributed by atoms with Gasteiger partial charge in [-0.3, -0.25) is 9.59 Å². The molecule has 0 aliphatic carbocycles. The minimum atomic E-state index is -0.251. The molecule has 0 spiro atoms. The van der Waals surface area contributed by atoms with Crippen molar-refractivity contribution >= 4 is 29.1 Å². The van der Waals surface area contributed by atoms with Gasteiger partial charge in [-0.15, -0.1) is 0 Å². The SMILES string of the molecule is COc1ccccc1C(=O)C=Cc1ccc(C(=O)Nc2ccccc2N)cc1. The molecule has 3 N–H and O–H groups in total. The topological polar surface area (TPSA) is 81.4 Å². The Morgan fingerprint density at radius 1 is 0.929 bits per heavy atom. The highest BCUT2D eigenvalue weighted by atomic mass is 16.5. The van der Waals surface area contributed by atoms with Crippen molar-refractivity contribution in [2.45, 2.75) is 0 Å². The van der Waals surface area contributed by atoms with E-state index in [1.807, 2.05) is 6.07 Å². The monoisotopic (exact) mass is 372 g/mol. The molecule has 0 saturated carbocycles. The van der Waals surface area contributed by atoms with Crippen LogP contribution in [-0.2, 0) is 0 Å². The van der Waals surface area contributed by atoms with E-state index >= 15 is 0 Å². The Labute approximate surface area is 163 Å². The fraction of sp³-hybridized carbons (Fsp3) is 0.0435. The second-order valence-electron chi connectivity index (χ2n) is 6.06. The highest BCUT2D eigenvalue weighted by Gasteiger charge is 2.09. The normalized spacial score (nSPS) is 10.6. The summed E-state index contributed by atoms with van der Waals surface area (Å²) in [5.41, 5.74) is 8.72. The maximum absolute atomic E-state index is 12.4. The van der Waals surface area contributed by atoms with E-state index in [-0.39, 0.29) is 11.7 Å². The van der Waals surface area contributed by atoms with Crippen molar-refractivity contribution in [2.75, 3.05) is 18.2 Å². The number of benzene rings is 3. The molecule has 0 bridgehead atoms. The van der Waals surface area contributed by atoms with Crippen molar-refractivity contribution in [3.05, 3.63) is 95.6 Å². The highest BCUT2D eigenvalue weighted by Crippen LogP contribution is 2.20. The lowest BCUT2D eigenvalue weighted by Crippen LogP contribution is -2.12. The quantitative estimate of drug-likeness (QED) is 0.381. The number of methoxy groups -OCH3 is 1. The molecular formula is C23H20N2O3. The van der Waals surface area contributed by atoms with Crippen molar-refractivity contribution in [1.29, 1.82) is 0 Å². The number of carbonyl (C=O) groups excluding carboxylic acids is 2. The Hall–Kier alpha value is -3.86. The summed E-state index contributed by atoms with van der Waals surface area (Å²) in [6.45, 7) is 0. The molecule has 3 aromatic rings. The number of nitrogens with one attached hydrogen (secondary N) is 1. The van der Waals surface area contributed by atoms with Gasteiger partial charge in [-0.25, -0.2) is 0 Å². The number of ether oxygens (including phenoxy) is 1. The maximum Gasteiger partial charge on any atom is 0.255 e. The molecule has 0 aromatic heterocycles. The van der Waals surface area contributed by atoms with Crippen LogP contribution in [0, 0.1) is 0 Å². The minimum absolute atomic E-state index is 0.154. The van der Waals surface area contributed by atoms with E-state index in [0.717, 1.165) is 5.56 Å². The van der Waals surface area contributed by atoms with Gasteiger partial charge < -0.3 is 15.8 Å². The molecule has 0 fully saturated rings. The lowest BCUT2D eigenvalue weighted by Gasteiger charge is -2.08. The molecule has 5 nitrogen and oxygen atoms in total. The van der Waals surface area contributed by atoms with Crippen LogP contribution in [0.1, 0.15) is 26.3 Å². The molecule has 3 rings (SSSR count). The van der Waals surface area contributed by atoms with Crippen molar-refractivity contribution in [1.82, 2.24) is 0 Å². The van der Waals surface area contributed by atoms with Gasteiger partial charge >= 0.3 is 0 Å². The minimum Gasteiger partial charge on any atom is -0.496 e. The first-order valence-electron chi connectivity index (χ1n) is 8.70. The highest BCUT2D eigenvalue weighted by molar-refractivity contribution is 6.09. The molecular weight excluding hydrogens is 352 g/mol. The average Bonchev–Trinajstić information content (AvgIpc) is 2.74. The molecule has 0 atom stereocenters. The number of amides is 1. The van der Waals surface area contributed by atoms with Gasteiger partial charge in [-0.05, 0) is 48.0 Å². The van der Waals surface area contributed by atoms with Crippen LogP contribution >= 0.6 is 0 Å². The number of hydrogen-bond acceptors (Lipinski definition) is 4. The predicted octanol–water partition coefficient (Wildman–Crippen LogP) is 4.43. The van der Waals surface area contributed by atoms with Crippen LogP contribution in [0.4, 0.5) is 11.4 Å². The zero-order chi connectivity index (χ0) is 19.9. The van der Waals surface area contributed by atoms with Crippen LogP contribution < -0.4 is 15.8 Å². The first-order chi connectivity index (χ1) is 13.6. The summed E-state index contributed by atoms with van der Waals surface area (Å²) in [7, 11) is 1.53. The second-order valence-corrected chi connectivity index (χ2v) is 6.06. The van der Waals surface area contributed by atoms with E-state index in [9.17, 15) is 9.59 Å². The fourth-order valence-corrected chi connectivity index (χ4v) is 2.66. The predicted molar refractivity (Wildman–Crippen MR) is 112 cm³/mol. The van der Waals surface area contributed by atoms with Crippen LogP contribution in [0.25, 0.3) is 6.08 Å². The van der Waals surface area contributed by atoms with Gasteiger partial charge in [0.15, 0.2) is 5.78 Å². The number of nitrogens with two attached hydrogens (primary N) is 1. The molecule has 0 saturated heterocycles. The Bertz CT molecular complexity index is 1020. The first-order valence-corrected chi connectivity index (χ1v) is 8.70. The van der Waals surface area contributed by atoms with Gasteiger partial charge in [-0.2, -0.15) is 0 Å². The van der Waals surface area contributed by atoms with E-state index in [2.05, 4.69) is 5.32 Å². The van der Waals surface area contributed by atoms with E-state index in [0.29, 0.717) is 28.3 Å². The molecule has 0 aliphatic heterocycles. The molecule has 0 heterocycles. The van der Waals surface area contributed by atoms with Crippen molar-refractivity contribution in [3.8, 4) is 5.75 Å². The Morgan fingerprint density at radius 3 is 2.32 bits per heavy atom. The first kappa shape index (κ1) is 18.9. The van der Waals surface area contributed by atoms with Crippen LogP contribution in [-0.4, -0.2) is 18.8 Å². The third-order valence-electron chi connectivity index (χ3n) is 4.18. The molecule has 3 aromatic carbocycles. The van der Waals surface area contributed by atoms with Gasteiger partial charge in [0.25, 0.3) is 5.91 Å². The van der Waals surface area contributed by atoms with Gasteiger partial charge in [-0.1, -0.05) is 42.5 Å². The molecule has 5 heteroatoms. The number of ketones is 1. The Morgan fingerprint density at radius 2 is 1.61 bits per heavy atom. The van der Waals surface area contributed by atoms with E-state index < -0.39 is 0 Å². The summed E-state index contributed by atoms with van der Waals surface area (Å²) < 4.78 is 5.21. The number of carbonyl (C=O) groups is 2. The summed E-state index contributed by atoms with van der Waals surface area (Å²) in [6.07, 6.45) is 3.18. The number of allylic oxidation sites excluding steroid dienone is 1. The smallest absolute Gasteiger partial charge is 0.255 e. The van der Waals surface area contributed by atoms with Crippen LogP contribution in [0.2, 0.25) is 0 Å². The van der Waals surface area contributed by atoms with Gasteiger partial charge in [0.1, 0.15) is 5.75 Å². The molecule has 0 unspecified atom stereocenters. The van der Waals surface area contributed by atoms with Gasteiger partial charge in [0.2, 0.25) is 0 Å². The number of hydrogen-bond donors (Lipinski definition) is 2. The van der Waals surface area contributed by atoms with Crippen molar-refractivity contribution < 1.29 is 14.3 Å². The summed E-state index contributed by atoms with van der Waals surface area (Å²) in [4.78, 5) is 24.7. The molecule has 28 heavy (non-hydrogen) atoms. The number of rotatable bonds is 6. The fourth-order valence-electron chi connectivity index (χ4n) is 2.66. The molecule has 1 amide bonds. The third-order valence-corrected chi connectivity index (χ3v) is 4.18. The number of nitrogen functional groups attached to an aromatic ring is 1. The van der Waals surface area contributed by atoms with Gasteiger partial charge in [0, 0.05) is 5.56 Å². The average molecular weight is 372 g/mol. The van der Waals surface area contributed by atoms with Crippen LogP contribution in [0.15, 0.2) is 78.9 Å². The van der Waals surface area contributed by atoms with Crippen molar-refractivity contribution in [2.24, 2.45) is 0 Å². The van der Waals surface area contributed by atoms with E-state index in [1.165, 1.54) is 13.2 Å². The summed E-state index contributed by atoms with van der Waals surface area (Å²) in [6, 6.07) is 21.1. The lowest BCUT2D eigenvalue weighted by molar-refractivity contribution is 0.102. The molecule has 0 radical (unpaired) electrons. The Balaban J connectivity index is 1.69. The maximum atomic E-state index is 12.4. The summed E-state index contributed by atoms with van der Waals surface area (Å²) in [5.74, 6) is 0.127. The summed E-state index contributed by atoms with van der Waals surface area (Å²) in [5, 5.41) is 2.78. The zero-order valence-corrected chi connectivity index (χ0v) is 15.4. The Kier molecular flexibility index (Phi) is 5.87. The number of anilines is 2. The lowest BCUT2D eigenvalue weighted by atomic mass is 10.1. The third kappa shape index (κ3) is 4.45. The van der Waals surface area contributed by atoms with Crippen molar-refractivity contribution in [3.63, 3.8) is 0 Å². The van der Waals surface area contributed by atoms with E-state index in [1.54, 1.807) is 72.8 Å². The van der Waals surface area contributed by atoms with Crippen LogP contribution in [0.5, 0.6) is 5.75 Å². The molecule has 140 valence electrons. The molecule has 0 aliphatic rings.